The van der Waals surface area contributed by atoms with E-state index >= 15 is 0 Å². The molecule has 0 bridgehead atoms. The van der Waals surface area contributed by atoms with E-state index in [1.165, 1.54) is 18.3 Å². The predicted octanol–water partition coefficient (Wildman–Crippen LogP) is -0.779. The number of aromatic nitrogens is 1. The molecule has 0 saturated heterocycles. The Hall–Kier alpha value is -0.980. The lowest BCUT2D eigenvalue weighted by Crippen LogP contribution is -2.13. The van der Waals surface area contributed by atoms with Gasteiger partial charge in [0.05, 0.1) is 6.61 Å². The average Bonchev–Trinajstić information content (AvgIpc) is 2.03. The van der Waals surface area contributed by atoms with Crippen molar-refractivity contribution in [3.05, 3.63) is 23.9 Å². The Morgan fingerprint density at radius 1 is 1.50 bits per heavy atom. The van der Waals surface area contributed by atoms with Crippen molar-refractivity contribution in [1.29, 1.82) is 0 Å². The molecule has 66 valence electrons. The maximum atomic E-state index is 10.7. The van der Waals surface area contributed by atoms with E-state index in [2.05, 4.69) is 4.98 Å². The highest BCUT2D eigenvalue weighted by atomic mass is 32.2. The van der Waals surface area contributed by atoms with E-state index in [-0.39, 0.29) is 11.6 Å². The maximum absolute atomic E-state index is 10.7. The Kier molecular flexibility index (Phi) is 2.41. The summed E-state index contributed by atoms with van der Waals surface area (Å²) in [4.78, 5) is 3.55. The van der Waals surface area contributed by atoms with Gasteiger partial charge in [0, 0.05) is 6.20 Å². The topological polar surface area (TPSA) is 93.3 Å². The zero-order valence-corrected chi connectivity index (χ0v) is 6.95. The van der Waals surface area contributed by atoms with Crippen LogP contribution in [0, 0.1) is 0 Å². The van der Waals surface area contributed by atoms with Gasteiger partial charge in [-0.15, -0.1) is 0 Å². The van der Waals surface area contributed by atoms with Crippen LogP contribution in [-0.4, -0.2) is 18.5 Å². The van der Waals surface area contributed by atoms with Gasteiger partial charge in [0.1, 0.15) is 0 Å². The smallest absolute Gasteiger partial charge is 0.255 e. The molecular formula is C6H8N2O3S. The molecule has 0 atom stereocenters. The Morgan fingerprint density at radius 3 is 2.50 bits per heavy atom. The summed E-state index contributed by atoms with van der Waals surface area (Å²) in [5.74, 6) is 0. The first-order valence-electron chi connectivity index (χ1n) is 3.12. The van der Waals surface area contributed by atoms with E-state index < -0.39 is 10.0 Å². The van der Waals surface area contributed by atoms with E-state index in [9.17, 15) is 8.42 Å². The zero-order valence-electron chi connectivity index (χ0n) is 6.14. The first kappa shape index (κ1) is 9.11. The zero-order chi connectivity index (χ0) is 9.19. The third-order valence-corrected chi connectivity index (χ3v) is 2.10. The number of aliphatic hydroxyl groups is 1. The number of hydrogen-bond donors (Lipinski definition) is 2. The van der Waals surface area contributed by atoms with Gasteiger partial charge in [-0.1, -0.05) is 6.07 Å². The highest BCUT2D eigenvalue weighted by molar-refractivity contribution is 7.89. The average molecular weight is 188 g/mol. The molecular weight excluding hydrogens is 180 g/mol. The minimum atomic E-state index is -3.72. The standard InChI is InChI=1S/C6H8N2O3S/c7-12(10,11)6-2-1-5(4-9)3-8-6/h1-3,9H,4H2,(H2,7,10,11). The molecule has 0 saturated carbocycles. The van der Waals surface area contributed by atoms with Crippen LogP contribution < -0.4 is 5.14 Å². The third-order valence-electron chi connectivity index (χ3n) is 1.27. The molecule has 1 rings (SSSR count). The van der Waals surface area contributed by atoms with Crippen LogP contribution in [0.2, 0.25) is 0 Å². The molecule has 0 radical (unpaired) electrons. The van der Waals surface area contributed by atoms with Crippen molar-refractivity contribution in [3.8, 4) is 0 Å². The summed E-state index contributed by atoms with van der Waals surface area (Å²) in [5, 5.41) is 13.2. The lowest BCUT2D eigenvalue weighted by atomic mass is 10.3. The molecule has 0 spiro atoms. The van der Waals surface area contributed by atoms with Crippen LogP contribution in [0.25, 0.3) is 0 Å². The summed E-state index contributed by atoms with van der Waals surface area (Å²) in [6, 6.07) is 2.70. The van der Waals surface area contributed by atoms with Crippen molar-refractivity contribution in [1.82, 2.24) is 4.98 Å². The van der Waals surface area contributed by atoms with Gasteiger partial charge in [0.2, 0.25) is 0 Å². The molecule has 3 N–H and O–H groups in total. The van der Waals surface area contributed by atoms with E-state index in [1.54, 1.807) is 0 Å². The van der Waals surface area contributed by atoms with Gasteiger partial charge in [0.15, 0.2) is 5.03 Å². The van der Waals surface area contributed by atoms with Crippen LogP contribution in [-0.2, 0) is 16.6 Å². The molecule has 0 aliphatic carbocycles. The maximum Gasteiger partial charge on any atom is 0.255 e. The van der Waals surface area contributed by atoms with Gasteiger partial charge in [-0.05, 0) is 11.6 Å². The summed E-state index contributed by atoms with van der Waals surface area (Å²) in [7, 11) is -3.72. The molecule has 5 nitrogen and oxygen atoms in total. The quantitative estimate of drug-likeness (QED) is 0.636. The fourth-order valence-electron chi connectivity index (χ4n) is 0.673. The summed E-state index contributed by atoms with van der Waals surface area (Å²) in [6.45, 7) is -0.169. The van der Waals surface area contributed by atoms with E-state index in [0.717, 1.165) is 0 Å². The number of aliphatic hydroxyl groups excluding tert-OH is 1. The number of hydrogen-bond acceptors (Lipinski definition) is 4. The second kappa shape index (κ2) is 3.18. The predicted molar refractivity (Wildman–Crippen MR) is 41.5 cm³/mol. The Labute approximate surface area is 69.9 Å². The molecule has 0 aliphatic rings. The molecule has 12 heavy (non-hydrogen) atoms. The van der Waals surface area contributed by atoms with Crippen molar-refractivity contribution in [2.45, 2.75) is 11.6 Å². The molecule has 0 amide bonds. The third kappa shape index (κ3) is 2.00. The lowest BCUT2D eigenvalue weighted by Gasteiger charge is -1.97. The van der Waals surface area contributed by atoms with Crippen molar-refractivity contribution in [2.75, 3.05) is 0 Å². The fourth-order valence-corrected chi connectivity index (χ4v) is 1.13. The highest BCUT2D eigenvalue weighted by Crippen LogP contribution is 2.03. The molecule has 0 aliphatic heterocycles. The Balaban J connectivity index is 3.09. The molecule has 1 aromatic rings. The normalized spacial score (nSPS) is 11.5. The van der Waals surface area contributed by atoms with Crippen LogP contribution >= 0.6 is 0 Å². The van der Waals surface area contributed by atoms with Crippen molar-refractivity contribution in [2.24, 2.45) is 5.14 Å². The second-order valence-electron chi connectivity index (χ2n) is 2.21. The van der Waals surface area contributed by atoms with Crippen LogP contribution in [0.15, 0.2) is 23.4 Å². The minimum Gasteiger partial charge on any atom is -0.392 e. The second-order valence-corrected chi connectivity index (χ2v) is 3.72. The number of nitrogens with zero attached hydrogens (tertiary/aromatic N) is 1. The molecule has 0 fully saturated rings. The molecule has 6 heteroatoms. The van der Waals surface area contributed by atoms with Crippen LogP contribution in [0.5, 0.6) is 0 Å². The van der Waals surface area contributed by atoms with Crippen molar-refractivity contribution >= 4 is 10.0 Å². The van der Waals surface area contributed by atoms with Crippen molar-refractivity contribution < 1.29 is 13.5 Å². The lowest BCUT2D eigenvalue weighted by molar-refractivity contribution is 0.281. The van der Waals surface area contributed by atoms with Gasteiger partial charge in [-0.2, -0.15) is 0 Å². The summed E-state index contributed by atoms with van der Waals surface area (Å²) < 4.78 is 21.4. The Bertz CT molecular complexity index is 357. The van der Waals surface area contributed by atoms with Gasteiger partial charge < -0.3 is 5.11 Å². The number of sulfonamides is 1. The summed E-state index contributed by atoms with van der Waals surface area (Å²) in [5.41, 5.74) is 0.544. The number of rotatable bonds is 2. The van der Waals surface area contributed by atoms with Crippen LogP contribution in [0.1, 0.15) is 5.56 Å². The van der Waals surface area contributed by atoms with E-state index in [1.807, 2.05) is 0 Å². The largest absolute Gasteiger partial charge is 0.392 e. The highest BCUT2D eigenvalue weighted by Gasteiger charge is 2.07. The molecule has 0 unspecified atom stereocenters. The van der Waals surface area contributed by atoms with E-state index in [0.29, 0.717) is 5.56 Å². The SMILES string of the molecule is NS(=O)(=O)c1ccc(CO)cn1. The van der Waals surface area contributed by atoms with Gasteiger partial charge >= 0.3 is 0 Å². The fraction of sp³-hybridized carbons (Fsp3) is 0.167. The van der Waals surface area contributed by atoms with Gasteiger partial charge in [-0.25, -0.2) is 18.5 Å². The molecule has 1 heterocycles. The molecule has 0 aromatic carbocycles. The summed E-state index contributed by atoms with van der Waals surface area (Å²) in [6.07, 6.45) is 1.26. The number of pyridine rings is 1. The minimum absolute atomic E-state index is 0.169. The number of primary sulfonamides is 1. The monoisotopic (exact) mass is 188 g/mol. The van der Waals surface area contributed by atoms with Crippen molar-refractivity contribution in [3.63, 3.8) is 0 Å². The molecule has 1 aromatic heterocycles. The Morgan fingerprint density at radius 2 is 2.17 bits per heavy atom. The summed E-state index contributed by atoms with van der Waals surface area (Å²) >= 11 is 0. The first-order chi connectivity index (χ1) is 5.54. The first-order valence-corrected chi connectivity index (χ1v) is 4.67. The van der Waals surface area contributed by atoms with Gasteiger partial charge in [-0.3, -0.25) is 0 Å². The van der Waals surface area contributed by atoms with E-state index in [4.69, 9.17) is 10.2 Å². The number of nitrogens with two attached hydrogens (primary N) is 1. The van der Waals surface area contributed by atoms with Crippen LogP contribution in [0.4, 0.5) is 0 Å². The van der Waals surface area contributed by atoms with Crippen LogP contribution in [0.3, 0.4) is 0 Å². The van der Waals surface area contributed by atoms with Gasteiger partial charge in [0.25, 0.3) is 10.0 Å².